The molecule has 1 atom stereocenters. The molecule has 3 nitrogen and oxygen atoms in total. The number of hydrogen-bond donors (Lipinski definition) is 2. The summed E-state index contributed by atoms with van der Waals surface area (Å²) < 4.78 is 36.6. The summed E-state index contributed by atoms with van der Waals surface area (Å²) in [6.07, 6.45) is 0.138. The van der Waals surface area contributed by atoms with Crippen LogP contribution < -0.4 is 5.32 Å². The monoisotopic (exact) mass is 305 g/mol. The molecule has 4 aliphatic rings. The number of aliphatic hydroxyl groups is 1. The molecule has 0 aliphatic heterocycles. The average Bonchev–Trinajstić information content (AvgIpc) is 2.32. The van der Waals surface area contributed by atoms with Gasteiger partial charge in [-0.15, -0.1) is 0 Å². The van der Waals surface area contributed by atoms with Crippen LogP contribution in [0.4, 0.5) is 13.2 Å². The summed E-state index contributed by atoms with van der Waals surface area (Å²) in [6.45, 7) is -0.741. The fourth-order valence-corrected chi connectivity index (χ4v) is 5.24. The number of carbonyl (C=O) groups is 1. The Balaban J connectivity index is 1.53. The molecule has 0 aromatic carbocycles. The van der Waals surface area contributed by atoms with Crippen molar-refractivity contribution in [3.8, 4) is 0 Å². The highest BCUT2D eigenvalue weighted by atomic mass is 19.4. The Morgan fingerprint density at radius 2 is 1.62 bits per heavy atom. The molecule has 120 valence electrons. The Bertz CT molecular complexity index is 386. The second-order valence-corrected chi connectivity index (χ2v) is 7.46. The first kappa shape index (κ1) is 15.1. The quantitative estimate of drug-likeness (QED) is 0.839. The van der Waals surface area contributed by atoms with Gasteiger partial charge in [-0.05, 0) is 61.7 Å². The van der Waals surface area contributed by atoms with E-state index in [0.717, 1.165) is 19.3 Å². The van der Waals surface area contributed by atoms with Crippen LogP contribution in [0.25, 0.3) is 0 Å². The molecule has 4 saturated carbocycles. The van der Waals surface area contributed by atoms with Gasteiger partial charge in [-0.2, -0.15) is 13.2 Å². The van der Waals surface area contributed by atoms with Gasteiger partial charge in [-0.25, -0.2) is 0 Å². The van der Waals surface area contributed by atoms with Gasteiger partial charge in [0.15, 0.2) is 6.10 Å². The smallest absolute Gasteiger partial charge is 0.382 e. The second kappa shape index (κ2) is 5.14. The predicted molar refractivity (Wildman–Crippen MR) is 70.3 cm³/mol. The maximum Gasteiger partial charge on any atom is 0.416 e. The zero-order valence-corrected chi connectivity index (χ0v) is 12.0. The van der Waals surface area contributed by atoms with Gasteiger partial charge < -0.3 is 10.4 Å². The molecule has 0 saturated heterocycles. The number of carbonyl (C=O) groups excluding carboxylic acids is 1. The normalized spacial score (nSPS) is 39.3. The van der Waals surface area contributed by atoms with Crippen LogP contribution in [0.15, 0.2) is 0 Å². The van der Waals surface area contributed by atoms with Crippen molar-refractivity contribution in [2.24, 2.45) is 23.2 Å². The Morgan fingerprint density at radius 1 is 1.14 bits per heavy atom. The number of hydrogen-bond acceptors (Lipinski definition) is 2. The second-order valence-electron chi connectivity index (χ2n) is 7.46. The number of rotatable bonds is 4. The van der Waals surface area contributed by atoms with Gasteiger partial charge in [-0.3, -0.25) is 4.79 Å². The molecular formula is C15H22F3NO2. The summed E-state index contributed by atoms with van der Waals surface area (Å²) in [7, 11) is 0. The fourth-order valence-electron chi connectivity index (χ4n) is 5.24. The number of alkyl halides is 3. The van der Waals surface area contributed by atoms with Gasteiger partial charge in [0.2, 0.25) is 5.91 Å². The maximum absolute atomic E-state index is 12.2. The van der Waals surface area contributed by atoms with E-state index < -0.39 is 18.8 Å². The van der Waals surface area contributed by atoms with E-state index in [0.29, 0.717) is 24.2 Å². The predicted octanol–water partition coefficient (Wildman–Crippen LogP) is 2.63. The summed E-state index contributed by atoms with van der Waals surface area (Å²) in [5, 5.41) is 11.2. The van der Waals surface area contributed by atoms with Crippen LogP contribution in [0, 0.1) is 23.2 Å². The first-order valence-corrected chi connectivity index (χ1v) is 7.77. The molecule has 6 heteroatoms. The standard InChI is InChI=1S/C15H22F3NO2/c16-15(17,18)12(20)8-19-13(21)7-14-4-9-1-10(5-14)3-11(2-9)6-14/h9-12,20H,1-8H2,(H,19,21). The zero-order valence-electron chi connectivity index (χ0n) is 12.0. The van der Waals surface area contributed by atoms with E-state index in [-0.39, 0.29) is 11.3 Å². The minimum Gasteiger partial charge on any atom is -0.382 e. The van der Waals surface area contributed by atoms with Crippen LogP contribution in [-0.4, -0.2) is 29.8 Å². The Kier molecular flexibility index (Phi) is 3.71. The van der Waals surface area contributed by atoms with Crippen LogP contribution in [0.2, 0.25) is 0 Å². The summed E-state index contributed by atoms with van der Waals surface area (Å²) in [6, 6.07) is 0. The van der Waals surface area contributed by atoms with Gasteiger partial charge in [0.05, 0.1) is 6.54 Å². The van der Waals surface area contributed by atoms with Crippen molar-refractivity contribution < 1.29 is 23.1 Å². The summed E-state index contributed by atoms with van der Waals surface area (Å²) in [5.41, 5.74) is 0.0159. The number of amides is 1. The van der Waals surface area contributed by atoms with Crippen molar-refractivity contribution in [2.45, 2.75) is 57.2 Å². The van der Waals surface area contributed by atoms with Crippen LogP contribution in [0.5, 0.6) is 0 Å². The van der Waals surface area contributed by atoms with E-state index in [1.807, 2.05) is 0 Å². The van der Waals surface area contributed by atoms with Gasteiger partial charge >= 0.3 is 6.18 Å². The number of halogens is 3. The SMILES string of the molecule is O=C(CC12CC3CC(CC(C3)C1)C2)NCC(O)C(F)(F)F. The van der Waals surface area contributed by atoms with E-state index in [4.69, 9.17) is 5.11 Å². The van der Waals surface area contributed by atoms with Crippen molar-refractivity contribution in [1.82, 2.24) is 5.32 Å². The molecule has 4 aliphatic carbocycles. The third-order valence-corrected chi connectivity index (χ3v) is 5.57. The number of aliphatic hydroxyl groups excluding tert-OH is 1. The van der Waals surface area contributed by atoms with E-state index in [9.17, 15) is 18.0 Å². The average molecular weight is 305 g/mol. The highest BCUT2D eigenvalue weighted by Gasteiger charge is 2.51. The van der Waals surface area contributed by atoms with E-state index >= 15 is 0 Å². The van der Waals surface area contributed by atoms with E-state index in [1.54, 1.807) is 0 Å². The van der Waals surface area contributed by atoms with Crippen LogP contribution >= 0.6 is 0 Å². The summed E-state index contributed by atoms with van der Waals surface area (Å²) in [4.78, 5) is 12.0. The molecular weight excluding hydrogens is 283 g/mol. The zero-order chi connectivity index (χ0) is 15.3. The highest BCUT2D eigenvalue weighted by Crippen LogP contribution is 2.61. The summed E-state index contributed by atoms with van der Waals surface area (Å²) >= 11 is 0. The van der Waals surface area contributed by atoms with E-state index in [1.165, 1.54) is 19.3 Å². The molecule has 4 rings (SSSR count). The molecule has 1 unspecified atom stereocenters. The molecule has 0 heterocycles. The minimum absolute atomic E-state index is 0.0159. The Labute approximate surface area is 122 Å². The Hall–Kier alpha value is -0.780. The first-order valence-electron chi connectivity index (χ1n) is 7.77. The third kappa shape index (κ3) is 3.20. The van der Waals surface area contributed by atoms with Crippen molar-refractivity contribution >= 4 is 5.91 Å². The van der Waals surface area contributed by atoms with Crippen LogP contribution in [0.1, 0.15) is 44.9 Å². The molecule has 4 bridgehead atoms. The molecule has 0 radical (unpaired) electrons. The van der Waals surface area contributed by atoms with Crippen molar-refractivity contribution in [3.63, 3.8) is 0 Å². The van der Waals surface area contributed by atoms with Gasteiger partial charge in [-0.1, -0.05) is 0 Å². The fraction of sp³-hybridized carbons (Fsp3) is 0.933. The van der Waals surface area contributed by atoms with Crippen LogP contribution in [-0.2, 0) is 4.79 Å². The Morgan fingerprint density at radius 3 is 2.05 bits per heavy atom. The highest BCUT2D eigenvalue weighted by molar-refractivity contribution is 5.76. The summed E-state index contributed by atoms with van der Waals surface area (Å²) in [5.74, 6) is 1.79. The lowest BCUT2D eigenvalue weighted by Gasteiger charge is -2.56. The lowest BCUT2D eigenvalue weighted by atomic mass is 9.49. The van der Waals surface area contributed by atoms with Gasteiger partial charge in [0.25, 0.3) is 0 Å². The lowest BCUT2D eigenvalue weighted by Crippen LogP contribution is -2.49. The molecule has 4 fully saturated rings. The van der Waals surface area contributed by atoms with Gasteiger partial charge in [0, 0.05) is 6.42 Å². The van der Waals surface area contributed by atoms with Crippen LogP contribution in [0.3, 0.4) is 0 Å². The molecule has 0 aromatic heterocycles. The molecule has 0 spiro atoms. The lowest BCUT2D eigenvalue weighted by molar-refractivity contribution is -0.202. The van der Waals surface area contributed by atoms with Crippen molar-refractivity contribution in [2.75, 3.05) is 6.54 Å². The molecule has 2 N–H and O–H groups in total. The molecule has 0 aromatic rings. The van der Waals surface area contributed by atoms with Crippen molar-refractivity contribution in [3.05, 3.63) is 0 Å². The minimum atomic E-state index is -4.67. The molecule has 1 amide bonds. The topological polar surface area (TPSA) is 49.3 Å². The van der Waals surface area contributed by atoms with Gasteiger partial charge in [0.1, 0.15) is 0 Å². The third-order valence-electron chi connectivity index (χ3n) is 5.57. The number of nitrogens with one attached hydrogen (secondary N) is 1. The molecule has 21 heavy (non-hydrogen) atoms. The van der Waals surface area contributed by atoms with E-state index in [2.05, 4.69) is 5.32 Å². The first-order chi connectivity index (χ1) is 9.76. The van der Waals surface area contributed by atoms with Crippen molar-refractivity contribution in [1.29, 1.82) is 0 Å². The largest absolute Gasteiger partial charge is 0.416 e. The maximum atomic E-state index is 12.2.